The van der Waals surface area contributed by atoms with Gasteiger partial charge in [0.05, 0.1) is 22.4 Å². The van der Waals surface area contributed by atoms with E-state index in [-0.39, 0.29) is 0 Å². The number of fused-ring (bicyclic) bond motifs is 5. The van der Waals surface area contributed by atoms with Crippen LogP contribution in [-0.4, -0.2) is 0 Å². The van der Waals surface area contributed by atoms with Crippen LogP contribution in [0.5, 0.6) is 0 Å². The van der Waals surface area contributed by atoms with Gasteiger partial charge in [-0.3, -0.25) is 0 Å². The van der Waals surface area contributed by atoms with E-state index in [9.17, 15) is 5.26 Å². The molecule has 0 amide bonds. The molecular formula is C30H25N2S+. The molecule has 5 aromatic rings. The van der Waals surface area contributed by atoms with Crippen LogP contribution in [-0.2, 0) is 13.5 Å². The van der Waals surface area contributed by atoms with Crippen molar-refractivity contribution in [1.29, 1.82) is 5.26 Å². The maximum atomic E-state index is 9.68. The van der Waals surface area contributed by atoms with Crippen molar-refractivity contribution in [2.75, 3.05) is 0 Å². The molecule has 2 heterocycles. The van der Waals surface area contributed by atoms with Gasteiger partial charge in [-0.2, -0.15) is 5.26 Å². The number of hydrogen-bond donors (Lipinski definition) is 0. The molecule has 33 heavy (non-hydrogen) atoms. The average Bonchev–Trinajstić information content (AvgIpc) is 2.80. The van der Waals surface area contributed by atoms with Crippen LogP contribution in [0.25, 0.3) is 43.6 Å². The summed E-state index contributed by atoms with van der Waals surface area (Å²) in [6.07, 6.45) is 2.93. The van der Waals surface area contributed by atoms with E-state index < -0.39 is 5.41 Å². The average molecular weight is 446 g/mol. The molecule has 0 spiro atoms. The molecule has 0 aliphatic carbocycles. The van der Waals surface area contributed by atoms with Gasteiger partial charge in [-0.1, -0.05) is 54.2 Å². The summed E-state index contributed by atoms with van der Waals surface area (Å²) in [5.41, 5.74) is 4.80. The summed E-state index contributed by atoms with van der Waals surface area (Å²) in [4.78, 5) is 2.63. The molecule has 0 N–H and O–H groups in total. The topological polar surface area (TPSA) is 27.7 Å². The number of hydrogen-bond acceptors (Lipinski definition) is 2. The van der Waals surface area contributed by atoms with Gasteiger partial charge < -0.3 is 0 Å². The molecule has 4 aromatic carbocycles. The third kappa shape index (κ3) is 2.98. The fourth-order valence-corrected chi connectivity index (χ4v) is 6.69. The normalized spacial score (nSPS) is 12.8. The number of nitrogens with zero attached hydrogens (tertiary/aromatic N) is 2. The minimum Gasteiger partial charge on any atom is -0.200 e. The van der Waals surface area contributed by atoms with Gasteiger partial charge in [-0.15, -0.1) is 0 Å². The van der Waals surface area contributed by atoms with E-state index in [2.05, 4.69) is 91.5 Å². The number of benzene rings is 4. The molecule has 0 unspecified atom stereocenters. The van der Waals surface area contributed by atoms with Crippen molar-refractivity contribution < 1.29 is 4.57 Å². The molecule has 3 heteroatoms. The fourth-order valence-electron chi connectivity index (χ4n) is 5.42. The fraction of sp³-hybridized carbons (Fsp3) is 0.200. The van der Waals surface area contributed by atoms with E-state index in [1.165, 1.54) is 64.5 Å². The summed E-state index contributed by atoms with van der Waals surface area (Å²) >= 11 is 1.89. The van der Waals surface area contributed by atoms with E-state index in [0.717, 1.165) is 6.42 Å². The lowest BCUT2D eigenvalue weighted by atomic mass is 9.84. The second-order valence-electron chi connectivity index (χ2n) is 9.82. The highest BCUT2D eigenvalue weighted by Crippen LogP contribution is 2.51. The number of rotatable bonds is 2. The van der Waals surface area contributed by atoms with Gasteiger partial charge in [0, 0.05) is 21.2 Å². The summed E-state index contributed by atoms with van der Waals surface area (Å²) < 4.78 is 2.28. The van der Waals surface area contributed by atoms with E-state index >= 15 is 0 Å². The predicted molar refractivity (Wildman–Crippen MR) is 138 cm³/mol. The molecule has 0 radical (unpaired) electrons. The first kappa shape index (κ1) is 20.3. The number of nitriles is 1. The van der Waals surface area contributed by atoms with E-state index in [0.29, 0.717) is 0 Å². The van der Waals surface area contributed by atoms with Crippen LogP contribution < -0.4 is 4.57 Å². The highest BCUT2D eigenvalue weighted by atomic mass is 32.2. The Balaban J connectivity index is 1.75. The van der Waals surface area contributed by atoms with E-state index in [1.807, 2.05) is 25.6 Å². The lowest BCUT2D eigenvalue weighted by Crippen LogP contribution is -2.31. The van der Waals surface area contributed by atoms with Crippen molar-refractivity contribution in [2.24, 2.45) is 12.5 Å². The molecular weight excluding hydrogens is 420 g/mol. The minimum absolute atomic E-state index is 0.407. The lowest BCUT2D eigenvalue weighted by Gasteiger charge is -2.23. The van der Waals surface area contributed by atoms with E-state index in [4.69, 9.17) is 0 Å². The standard InChI is InChI=1S/C30H25N2S/c1-18-22-11-6-5-8-19(22)14-24-26(18)29-28-23(12-13-32(29)4)27-20(15-25(28)33-24)9-7-10-21(27)16-30(2,3)17-31/h5-15H,16H2,1-4H3/q+1. The summed E-state index contributed by atoms with van der Waals surface area (Å²) in [5.74, 6) is 0. The van der Waals surface area contributed by atoms with Crippen molar-refractivity contribution in [3.8, 4) is 17.3 Å². The Hall–Kier alpha value is -3.35. The largest absolute Gasteiger partial charge is 0.222 e. The second-order valence-corrected chi connectivity index (χ2v) is 10.9. The number of aryl methyl sites for hydroxylation is 2. The maximum Gasteiger partial charge on any atom is 0.222 e. The van der Waals surface area contributed by atoms with Crippen LogP contribution in [0.4, 0.5) is 0 Å². The van der Waals surface area contributed by atoms with Crippen LogP contribution in [0.15, 0.2) is 76.7 Å². The van der Waals surface area contributed by atoms with Gasteiger partial charge >= 0.3 is 0 Å². The zero-order valence-corrected chi connectivity index (χ0v) is 20.2. The van der Waals surface area contributed by atoms with Crippen LogP contribution in [0.1, 0.15) is 25.0 Å². The summed E-state index contributed by atoms with van der Waals surface area (Å²) in [6.45, 7) is 6.31. The van der Waals surface area contributed by atoms with Crippen molar-refractivity contribution in [3.05, 3.63) is 78.0 Å². The first-order chi connectivity index (χ1) is 15.9. The van der Waals surface area contributed by atoms with Crippen molar-refractivity contribution in [2.45, 2.75) is 37.0 Å². The first-order valence-corrected chi connectivity index (χ1v) is 12.2. The predicted octanol–water partition coefficient (Wildman–Crippen LogP) is 7.50. The monoisotopic (exact) mass is 445 g/mol. The highest BCUT2D eigenvalue weighted by molar-refractivity contribution is 7.99. The smallest absolute Gasteiger partial charge is 0.200 e. The quantitative estimate of drug-likeness (QED) is 0.204. The van der Waals surface area contributed by atoms with Gasteiger partial charge in [0.15, 0.2) is 6.20 Å². The van der Waals surface area contributed by atoms with Crippen molar-refractivity contribution in [1.82, 2.24) is 0 Å². The van der Waals surface area contributed by atoms with Gasteiger partial charge in [0.1, 0.15) is 7.05 Å². The molecule has 1 aliphatic heterocycles. The Kier molecular flexibility index (Phi) is 4.34. The van der Waals surface area contributed by atoms with Gasteiger partial charge in [0.25, 0.3) is 0 Å². The first-order valence-electron chi connectivity index (χ1n) is 11.4. The van der Waals surface area contributed by atoms with Crippen molar-refractivity contribution >= 4 is 44.1 Å². The molecule has 0 saturated heterocycles. The Bertz CT molecular complexity index is 1670. The zero-order valence-electron chi connectivity index (χ0n) is 19.4. The Morgan fingerprint density at radius 2 is 1.67 bits per heavy atom. The molecule has 0 saturated carbocycles. The number of pyridine rings is 1. The van der Waals surface area contributed by atoms with Gasteiger partial charge in [0.2, 0.25) is 5.69 Å². The van der Waals surface area contributed by atoms with E-state index in [1.54, 1.807) is 0 Å². The SMILES string of the molecule is Cc1c2c(cc3ccccc13)Sc1cc3cccc(CC(C)(C)C#N)c3c3cc[n+](C)c-2c13. The van der Waals surface area contributed by atoms with Gasteiger partial charge in [-0.05, 0) is 72.0 Å². The van der Waals surface area contributed by atoms with Crippen LogP contribution in [0.3, 0.4) is 0 Å². The Morgan fingerprint density at radius 3 is 2.48 bits per heavy atom. The van der Waals surface area contributed by atoms with Crippen molar-refractivity contribution in [3.63, 3.8) is 0 Å². The molecule has 1 aromatic heterocycles. The molecule has 0 bridgehead atoms. The maximum absolute atomic E-state index is 9.68. The minimum atomic E-state index is -0.407. The summed E-state index contributed by atoms with van der Waals surface area (Å²) in [7, 11) is 2.15. The van der Waals surface area contributed by atoms with Crippen LogP contribution in [0.2, 0.25) is 0 Å². The summed E-state index contributed by atoms with van der Waals surface area (Å²) in [6, 6.07) is 24.7. The van der Waals surface area contributed by atoms with Crippen LogP contribution >= 0.6 is 11.8 Å². The third-order valence-electron chi connectivity index (χ3n) is 6.97. The Morgan fingerprint density at radius 1 is 0.909 bits per heavy atom. The second kappa shape index (κ2) is 7.07. The molecule has 6 rings (SSSR count). The Labute approximate surface area is 198 Å². The third-order valence-corrected chi connectivity index (χ3v) is 8.06. The molecule has 1 aliphatic rings. The highest BCUT2D eigenvalue weighted by Gasteiger charge is 2.30. The molecule has 160 valence electrons. The van der Waals surface area contributed by atoms with Crippen LogP contribution in [0, 0.1) is 23.7 Å². The molecule has 2 nitrogen and oxygen atoms in total. The number of aromatic nitrogens is 1. The lowest BCUT2D eigenvalue weighted by molar-refractivity contribution is -0.659. The van der Waals surface area contributed by atoms with Gasteiger partial charge in [-0.25, -0.2) is 4.57 Å². The summed E-state index contributed by atoms with van der Waals surface area (Å²) in [5, 5.41) is 17.4. The molecule has 0 fully saturated rings. The molecule has 0 atom stereocenters. The zero-order chi connectivity index (χ0) is 22.9.